The van der Waals surface area contributed by atoms with Gasteiger partial charge in [0.05, 0.1) is 37.0 Å². The molecule has 15 heavy (non-hydrogen) atoms. The number of ether oxygens (including phenoxy) is 1. The molecule has 1 aromatic heterocycles. The second-order valence-corrected chi connectivity index (χ2v) is 4.34. The Kier molecular flexibility index (Phi) is 3.53. The van der Waals surface area contributed by atoms with Crippen LogP contribution >= 0.6 is 11.3 Å². The number of aliphatic hydroxyl groups is 2. The maximum Gasteiger partial charge on any atom is 0.186 e. The van der Waals surface area contributed by atoms with Gasteiger partial charge >= 0.3 is 0 Å². The molecule has 1 saturated heterocycles. The number of aromatic nitrogens is 1. The molecule has 0 radical (unpaired) electrons. The highest BCUT2D eigenvalue weighted by Gasteiger charge is 2.17. The number of aliphatic hydroxyl groups excluding tert-OH is 2. The van der Waals surface area contributed by atoms with E-state index in [4.69, 9.17) is 14.9 Å². The van der Waals surface area contributed by atoms with E-state index < -0.39 is 0 Å². The summed E-state index contributed by atoms with van der Waals surface area (Å²) in [5.74, 6) is 0. The Hall–Kier alpha value is -0.690. The second kappa shape index (κ2) is 4.89. The van der Waals surface area contributed by atoms with Crippen LogP contribution in [0.2, 0.25) is 0 Å². The summed E-state index contributed by atoms with van der Waals surface area (Å²) < 4.78 is 5.25. The predicted octanol–water partition coefficient (Wildman–Crippen LogP) is -0.0357. The average molecular weight is 230 g/mol. The van der Waals surface area contributed by atoms with Crippen molar-refractivity contribution in [3.8, 4) is 0 Å². The molecule has 6 heteroatoms. The van der Waals surface area contributed by atoms with Crippen LogP contribution in [0, 0.1) is 0 Å². The normalized spacial score (nSPS) is 17.1. The number of anilines is 1. The molecule has 2 rings (SSSR count). The number of nitrogens with zero attached hydrogens (tertiary/aromatic N) is 2. The van der Waals surface area contributed by atoms with Gasteiger partial charge in [-0.05, 0) is 0 Å². The highest BCUT2D eigenvalue weighted by Crippen LogP contribution is 2.27. The summed E-state index contributed by atoms with van der Waals surface area (Å²) in [7, 11) is 0. The SMILES string of the molecule is OCc1nc(N2CCOCC2)sc1CO. The van der Waals surface area contributed by atoms with Crippen LogP contribution in [0.3, 0.4) is 0 Å². The molecule has 1 aromatic rings. The number of hydrogen-bond acceptors (Lipinski definition) is 6. The van der Waals surface area contributed by atoms with Crippen molar-refractivity contribution in [2.24, 2.45) is 0 Å². The maximum atomic E-state index is 9.08. The molecule has 0 bridgehead atoms. The lowest BCUT2D eigenvalue weighted by Gasteiger charge is -2.26. The van der Waals surface area contributed by atoms with Crippen molar-refractivity contribution in [2.45, 2.75) is 13.2 Å². The Labute approximate surface area is 91.9 Å². The fraction of sp³-hybridized carbons (Fsp3) is 0.667. The number of hydrogen-bond donors (Lipinski definition) is 2. The molecule has 1 aliphatic rings. The van der Waals surface area contributed by atoms with E-state index in [0.29, 0.717) is 18.9 Å². The summed E-state index contributed by atoms with van der Waals surface area (Å²) in [6.07, 6.45) is 0. The van der Waals surface area contributed by atoms with Crippen molar-refractivity contribution in [1.82, 2.24) is 4.98 Å². The van der Waals surface area contributed by atoms with Crippen molar-refractivity contribution >= 4 is 16.5 Å². The highest BCUT2D eigenvalue weighted by atomic mass is 32.1. The van der Waals surface area contributed by atoms with E-state index in [1.165, 1.54) is 11.3 Å². The Morgan fingerprint density at radius 3 is 2.53 bits per heavy atom. The van der Waals surface area contributed by atoms with Crippen LogP contribution in [0.15, 0.2) is 0 Å². The summed E-state index contributed by atoms with van der Waals surface area (Å²) in [6.45, 7) is 2.89. The van der Waals surface area contributed by atoms with E-state index in [1.807, 2.05) is 0 Å². The quantitative estimate of drug-likeness (QED) is 0.763. The van der Waals surface area contributed by atoms with Gasteiger partial charge in [0.1, 0.15) is 0 Å². The molecule has 0 unspecified atom stereocenters. The van der Waals surface area contributed by atoms with Gasteiger partial charge in [0.25, 0.3) is 0 Å². The lowest BCUT2D eigenvalue weighted by Crippen LogP contribution is -2.36. The molecule has 0 amide bonds. The fourth-order valence-electron chi connectivity index (χ4n) is 1.51. The van der Waals surface area contributed by atoms with Gasteiger partial charge < -0.3 is 19.8 Å². The molecule has 5 nitrogen and oxygen atoms in total. The van der Waals surface area contributed by atoms with Crippen molar-refractivity contribution in [2.75, 3.05) is 31.2 Å². The zero-order chi connectivity index (χ0) is 10.7. The van der Waals surface area contributed by atoms with Gasteiger partial charge in [-0.1, -0.05) is 11.3 Å². The first-order chi connectivity index (χ1) is 7.35. The van der Waals surface area contributed by atoms with Gasteiger partial charge in [0.15, 0.2) is 5.13 Å². The topological polar surface area (TPSA) is 65.8 Å². The fourth-order valence-corrected chi connectivity index (χ4v) is 2.49. The minimum absolute atomic E-state index is 0.0576. The monoisotopic (exact) mass is 230 g/mol. The van der Waals surface area contributed by atoms with Gasteiger partial charge in [-0.25, -0.2) is 4.98 Å². The zero-order valence-corrected chi connectivity index (χ0v) is 9.16. The van der Waals surface area contributed by atoms with E-state index >= 15 is 0 Å². The molecule has 0 atom stereocenters. The zero-order valence-electron chi connectivity index (χ0n) is 8.35. The van der Waals surface area contributed by atoms with E-state index in [0.717, 1.165) is 23.1 Å². The molecule has 0 aliphatic carbocycles. The summed E-state index contributed by atoms with van der Waals surface area (Å²) in [4.78, 5) is 7.17. The number of rotatable bonds is 3. The Balaban J connectivity index is 2.16. The van der Waals surface area contributed by atoms with E-state index in [2.05, 4.69) is 9.88 Å². The van der Waals surface area contributed by atoms with Crippen LogP contribution in [-0.4, -0.2) is 41.5 Å². The van der Waals surface area contributed by atoms with Crippen LogP contribution in [0.5, 0.6) is 0 Å². The smallest absolute Gasteiger partial charge is 0.186 e. The van der Waals surface area contributed by atoms with Crippen LogP contribution in [0.1, 0.15) is 10.6 Å². The third kappa shape index (κ3) is 2.28. The minimum Gasteiger partial charge on any atom is -0.391 e. The lowest BCUT2D eigenvalue weighted by atomic mass is 10.4. The Bertz CT molecular complexity index is 302. The van der Waals surface area contributed by atoms with Crippen molar-refractivity contribution in [1.29, 1.82) is 0 Å². The second-order valence-electron chi connectivity index (χ2n) is 3.28. The van der Waals surface area contributed by atoms with E-state index in [1.54, 1.807) is 0 Å². The van der Waals surface area contributed by atoms with Gasteiger partial charge in [0, 0.05) is 13.1 Å². The average Bonchev–Trinajstić information content (AvgIpc) is 2.73. The standard InChI is InChI=1S/C9H14N2O3S/c12-5-7-8(6-13)15-9(10-7)11-1-3-14-4-2-11/h12-13H,1-6H2. The van der Waals surface area contributed by atoms with Crippen LogP contribution in [0.4, 0.5) is 5.13 Å². The Morgan fingerprint density at radius 2 is 2.00 bits per heavy atom. The van der Waals surface area contributed by atoms with E-state index in [9.17, 15) is 0 Å². The first-order valence-corrected chi connectivity index (χ1v) is 5.69. The molecular formula is C9H14N2O3S. The molecule has 1 aliphatic heterocycles. The minimum atomic E-state index is -0.114. The summed E-state index contributed by atoms with van der Waals surface area (Å²) in [5, 5.41) is 19.0. The lowest BCUT2D eigenvalue weighted by molar-refractivity contribution is 0.122. The van der Waals surface area contributed by atoms with Gasteiger partial charge in [-0.3, -0.25) is 0 Å². The molecule has 0 aromatic carbocycles. The number of morpholine rings is 1. The summed E-state index contributed by atoms with van der Waals surface area (Å²) in [5.41, 5.74) is 0.587. The molecule has 1 fully saturated rings. The van der Waals surface area contributed by atoms with Gasteiger partial charge in [0.2, 0.25) is 0 Å². The van der Waals surface area contributed by atoms with Crippen molar-refractivity contribution in [3.63, 3.8) is 0 Å². The van der Waals surface area contributed by atoms with Gasteiger partial charge in [-0.2, -0.15) is 0 Å². The highest BCUT2D eigenvalue weighted by molar-refractivity contribution is 7.15. The molecule has 0 spiro atoms. The predicted molar refractivity (Wildman–Crippen MR) is 57.0 cm³/mol. The van der Waals surface area contributed by atoms with E-state index in [-0.39, 0.29) is 13.2 Å². The third-order valence-electron chi connectivity index (χ3n) is 2.34. The molecule has 0 saturated carbocycles. The number of thiazole rings is 1. The van der Waals surface area contributed by atoms with Crippen molar-refractivity contribution < 1.29 is 14.9 Å². The summed E-state index contributed by atoms with van der Waals surface area (Å²) in [6, 6.07) is 0. The van der Waals surface area contributed by atoms with Crippen molar-refractivity contribution in [3.05, 3.63) is 10.6 Å². The first kappa shape index (κ1) is 10.8. The molecule has 2 heterocycles. The third-order valence-corrected chi connectivity index (χ3v) is 3.49. The first-order valence-electron chi connectivity index (χ1n) is 4.88. The van der Waals surface area contributed by atoms with Crippen LogP contribution in [0.25, 0.3) is 0 Å². The maximum absolute atomic E-state index is 9.08. The molecular weight excluding hydrogens is 216 g/mol. The largest absolute Gasteiger partial charge is 0.391 e. The molecule has 2 N–H and O–H groups in total. The van der Waals surface area contributed by atoms with Crippen LogP contribution in [-0.2, 0) is 18.0 Å². The summed E-state index contributed by atoms with van der Waals surface area (Å²) >= 11 is 1.44. The molecule has 84 valence electrons. The van der Waals surface area contributed by atoms with Crippen LogP contribution < -0.4 is 4.90 Å². The van der Waals surface area contributed by atoms with Gasteiger partial charge in [-0.15, -0.1) is 0 Å². The Morgan fingerprint density at radius 1 is 1.27 bits per heavy atom.